The van der Waals surface area contributed by atoms with Gasteiger partial charge in [-0.1, -0.05) is 29.8 Å². The molecule has 0 aliphatic heterocycles. The van der Waals surface area contributed by atoms with E-state index in [1.807, 2.05) is 25.1 Å². The standard InChI is InChI=1S/C14H17N3O2S/c1-10-3-2-4-11(7-10)9-17-12-5-6-14(13(15)8-12)20(16,18)19/h2-8,17H,9,15H2,1H3,(H2,16,18,19). The minimum atomic E-state index is -3.78. The topological polar surface area (TPSA) is 98.2 Å². The summed E-state index contributed by atoms with van der Waals surface area (Å²) in [6.45, 7) is 2.66. The number of hydrogen-bond acceptors (Lipinski definition) is 4. The third kappa shape index (κ3) is 3.49. The van der Waals surface area contributed by atoms with Gasteiger partial charge in [-0.3, -0.25) is 0 Å². The van der Waals surface area contributed by atoms with Crippen molar-refractivity contribution in [2.24, 2.45) is 5.14 Å². The van der Waals surface area contributed by atoms with Crippen LogP contribution in [-0.2, 0) is 16.6 Å². The molecule has 5 nitrogen and oxygen atoms in total. The van der Waals surface area contributed by atoms with Crippen molar-refractivity contribution in [3.8, 4) is 0 Å². The number of benzene rings is 2. The fraction of sp³-hybridized carbons (Fsp3) is 0.143. The summed E-state index contributed by atoms with van der Waals surface area (Å²) in [5.74, 6) is 0. The molecule has 0 radical (unpaired) electrons. The van der Waals surface area contributed by atoms with E-state index in [2.05, 4.69) is 11.4 Å². The molecular formula is C14H17N3O2S. The van der Waals surface area contributed by atoms with Gasteiger partial charge in [0.15, 0.2) is 0 Å². The van der Waals surface area contributed by atoms with Crippen molar-refractivity contribution in [3.63, 3.8) is 0 Å². The van der Waals surface area contributed by atoms with E-state index in [0.717, 1.165) is 11.3 Å². The fourth-order valence-electron chi connectivity index (χ4n) is 1.94. The number of primary sulfonamides is 1. The van der Waals surface area contributed by atoms with Crippen molar-refractivity contribution in [1.82, 2.24) is 0 Å². The van der Waals surface area contributed by atoms with Crippen LogP contribution in [0.4, 0.5) is 11.4 Å². The fourth-order valence-corrected chi connectivity index (χ4v) is 2.59. The molecule has 0 heterocycles. The van der Waals surface area contributed by atoms with E-state index >= 15 is 0 Å². The number of anilines is 2. The van der Waals surface area contributed by atoms with E-state index in [0.29, 0.717) is 6.54 Å². The van der Waals surface area contributed by atoms with E-state index in [9.17, 15) is 8.42 Å². The van der Waals surface area contributed by atoms with Crippen LogP contribution in [0.25, 0.3) is 0 Å². The molecular weight excluding hydrogens is 274 g/mol. The van der Waals surface area contributed by atoms with Gasteiger partial charge in [0.25, 0.3) is 0 Å². The zero-order chi connectivity index (χ0) is 14.8. The Kier molecular flexibility index (Phi) is 3.96. The lowest BCUT2D eigenvalue weighted by molar-refractivity contribution is 0.598. The van der Waals surface area contributed by atoms with Crippen LogP contribution in [0.5, 0.6) is 0 Å². The van der Waals surface area contributed by atoms with Crippen LogP contribution < -0.4 is 16.2 Å². The lowest BCUT2D eigenvalue weighted by Gasteiger charge is -2.10. The van der Waals surface area contributed by atoms with Gasteiger partial charge < -0.3 is 11.1 Å². The first kappa shape index (κ1) is 14.4. The average Bonchev–Trinajstić information content (AvgIpc) is 2.35. The molecule has 0 aromatic heterocycles. The maximum absolute atomic E-state index is 11.3. The number of nitrogen functional groups attached to an aromatic ring is 1. The highest BCUT2D eigenvalue weighted by Gasteiger charge is 2.12. The van der Waals surface area contributed by atoms with Crippen LogP contribution in [0.2, 0.25) is 0 Å². The molecule has 0 spiro atoms. The number of aryl methyl sites for hydroxylation is 1. The van der Waals surface area contributed by atoms with Crippen LogP contribution in [-0.4, -0.2) is 8.42 Å². The third-order valence-electron chi connectivity index (χ3n) is 2.90. The zero-order valence-corrected chi connectivity index (χ0v) is 11.9. The molecule has 0 amide bonds. The van der Waals surface area contributed by atoms with Gasteiger partial charge in [0.1, 0.15) is 4.90 Å². The highest BCUT2D eigenvalue weighted by Crippen LogP contribution is 2.21. The van der Waals surface area contributed by atoms with Gasteiger partial charge in [-0.15, -0.1) is 0 Å². The summed E-state index contributed by atoms with van der Waals surface area (Å²) in [5.41, 5.74) is 8.91. The Labute approximate surface area is 118 Å². The monoisotopic (exact) mass is 291 g/mol. The Hall–Kier alpha value is -2.05. The molecule has 0 saturated carbocycles. The molecule has 0 saturated heterocycles. The number of sulfonamides is 1. The Bertz CT molecular complexity index is 727. The number of nitrogens with one attached hydrogen (secondary N) is 1. The van der Waals surface area contributed by atoms with Gasteiger partial charge >= 0.3 is 0 Å². The van der Waals surface area contributed by atoms with Crippen LogP contribution in [0.15, 0.2) is 47.4 Å². The summed E-state index contributed by atoms with van der Waals surface area (Å²) in [6.07, 6.45) is 0. The Balaban J connectivity index is 2.14. The number of nitrogens with two attached hydrogens (primary N) is 2. The maximum Gasteiger partial charge on any atom is 0.240 e. The van der Waals surface area contributed by atoms with Gasteiger partial charge in [-0.05, 0) is 30.7 Å². The Morgan fingerprint density at radius 3 is 2.50 bits per heavy atom. The van der Waals surface area contributed by atoms with Crippen LogP contribution in [0.3, 0.4) is 0 Å². The van der Waals surface area contributed by atoms with Crippen molar-refractivity contribution in [3.05, 3.63) is 53.6 Å². The van der Waals surface area contributed by atoms with Crippen molar-refractivity contribution in [2.45, 2.75) is 18.4 Å². The summed E-state index contributed by atoms with van der Waals surface area (Å²) in [7, 11) is -3.78. The molecule has 0 bridgehead atoms. The summed E-state index contributed by atoms with van der Waals surface area (Å²) in [5, 5.41) is 8.25. The molecule has 0 atom stereocenters. The lowest BCUT2D eigenvalue weighted by atomic mass is 10.1. The molecule has 0 unspecified atom stereocenters. The number of hydrogen-bond donors (Lipinski definition) is 3. The van der Waals surface area contributed by atoms with Gasteiger partial charge in [-0.25, -0.2) is 13.6 Å². The van der Waals surface area contributed by atoms with Gasteiger partial charge in [0.2, 0.25) is 10.0 Å². The lowest BCUT2D eigenvalue weighted by Crippen LogP contribution is -2.14. The van der Waals surface area contributed by atoms with Crippen LogP contribution >= 0.6 is 0 Å². The van der Waals surface area contributed by atoms with E-state index < -0.39 is 10.0 Å². The van der Waals surface area contributed by atoms with Crippen LogP contribution in [0.1, 0.15) is 11.1 Å². The molecule has 5 N–H and O–H groups in total. The number of rotatable bonds is 4. The molecule has 6 heteroatoms. The SMILES string of the molecule is Cc1cccc(CNc2ccc(S(N)(=O)=O)c(N)c2)c1. The second-order valence-corrected chi connectivity index (χ2v) is 6.17. The second kappa shape index (κ2) is 5.52. The van der Waals surface area contributed by atoms with Crippen molar-refractivity contribution in [2.75, 3.05) is 11.1 Å². The van der Waals surface area contributed by atoms with Crippen molar-refractivity contribution < 1.29 is 8.42 Å². The zero-order valence-electron chi connectivity index (χ0n) is 11.1. The molecule has 2 aromatic carbocycles. The summed E-state index contributed by atoms with van der Waals surface area (Å²) < 4.78 is 22.5. The predicted molar refractivity (Wildman–Crippen MR) is 80.7 cm³/mol. The molecule has 106 valence electrons. The Morgan fingerprint density at radius 1 is 1.15 bits per heavy atom. The highest BCUT2D eigenvalue weighted by atomic mass is 32.2. The first-order valence-corrected chi connectivity index (χ1v) is 7.62. The smallest absolute Gasteiger partial charge is 0.240 e. The molecule has 2 rings (SSSR count). The third-order valence-corrected chi connectivity index (χ3v) is 3.88. The van der Waals surface area contributed by atoms with E-state index in [-0.39, 0.29) is 10.6 Å². The van der Waals surface area contributed by atoms with Gasteiger partial charge in [-0.2, -0.15) is 0 Å². The highest BCUT2D eigenvalue weighted by molar-refractivity contribution is 7.89. The van der Waals surface area contributed by atoms with E-state index in [1.54, 1.807) is 12.1 Å². The Morgan fingerprint density at radius 2 is 1.90 bits per heavy atom. The normalized spacial score (nSPS) is 11.3. The maximum atomic E-state index is 11.3. The largest absolute Gasteiger partial charge is 0.398 e. The van der Waals surface area contributed by atoms with E-state index in [1.165, 1.54) is 11.6 Å². The molecule has 0 fully saturated rings. The molecule has 20 heavy (non-hydrogen) atoms. The first-order chi connectivity index (χ1) is 9.36. The summed E-state index contributed by atoms with van der Waals surface area (Å²) >= 11 is 0. The second-order valence-electron chi connectivity index (χ2n) is 4.64. The van der Waals surface area contributed by atoms with Crippen molar-refractivity contribution >= 4 is 21.4 Å². The van der Waals surface area contributed by atoms with Gasteiger partial charge in [0, 0.05) is 12.2 Å². The van der Waals surface area contributed by atoms with E-state index in [4.69, 9.17) is 10.9 Å². The molecule has 2 aromatic rings. The molecule has 0 aliphatic rings. The van der Waals surface area contributed by atoms with Crippen LogP contribution in [0, 0.1) is 6.92 Å². The average molecular weight is 291 g/mol. The first-order valence-electron chi connectivity index (χ1n) is 6.08. The minimum Gasteiger partial charge on any atom is -0.398 e. The predicted octanol–water partition coefficient (Wildman–Crippen LogP) is 1.84. The van der Waals surface area contributed by atoms with Crippen molar-refractivity contribution in [1.29, 1.82) is 0 Å². The summed E-state index contributed by atoms with van der Waals surface area (Å²) in [6, 6.07) is 12.7. The minimum absolute atomic E-state index is 0.0568. The molecule has 0 aliphatic carbocycles. The quantitative estimate of drug-likeness (QED) is 0.748. The summed E-state index contributed by atoms with van der Waals surface area (Å²) in [4.78, 5) is -0.0568. The van der Waals surface area contributed by atoms with Gasteiger partial charge in [0.05, 0.1) is 5.69 Å².